The molecule has 0 atom stereocenters. The van der Waals surface area contributed by atoms with Crippen LogP contribution in [0.25, 0.3) is 0 Å². The Morgan fingerprint density at radius 2 is 2.06 bits per heavy atom. The molecule has 0 spiro atoms. The smallest absolute Gasteiger partial charge is 0.186 e. The third-order valence-corrected chi connectivity index (χ3v) is 2.44. The number of nitriles is 1. The first-order valence-electron chi connectivity index (χ1n) is 5.01. The molecule has 7 heteroatoms. The lowest BCUT2D eigenvalue weighted by atomic mass is 10.0. The van der Waals surface area contributed by atoms with Gasteiger partial charge in [0.15, 0.2) is 17.9 Å². The zero-order valence-corrected chi connectivity index (χ0v) is 9.06. The Kier molecular flexibility index (Phi) is 3.50. The summed E-state index contributed by atoms with van der Waals surface area (Å²) in [4.78, 5) is 0. The van der Waals surface area contributed by atoms with Gasteiger partial charge in [-0.1, -0.05) is 5.16 Å². The molecule has 1 aliphatic rings. The molecule has 0 saturated carbocycles. The summed E-state index contributed by atoms with van der Waals surface area (Å²) >= 11 is 0. The second-order valence-electron chi connectivity index (χ2n) is 3.49. The van der Waals surface area contributed by atoms with Gasteiger partial charge in [-0.2, -0.15) is 5.26 Å². The van der Waals surface area contributed by atoms with Gasteiger partial charge in [0, 0.05) is 11.1 Å². The molecule has 1 aromatic rings. The summed E-state index contributed by atoms with van der Waals surface area (Å²) in [5.41, 5.74) is -1.08. The molecule has 0 aliphatic carbocycles. The third kappa shape index (κ3) is 2.03. The summed E-state index contributed by atoms with van der Waals surface area (Å²) in [6.45, 7) is 0.569. The van der Waals surface area contributed by atoms with Gasteiger partial charge in [0.25, 0.3) is 0 Å². The van der Waals surface area contributed by atoms with Crippen LogP contribution in [-0.2, 0) is 9.47 Å². The molecule has 1 fully saturated rings. The molecule has 1 aromatic carbocycles. The van der Waals surface area contributed by atoms with Crippen molar-refractivity contribution in [2.24, 2.45) is 5.16 Å². The lowest BCUT2D eigenvalue weighted by molar-refractivity contribution is -0.0465. The first kappa shape index (κ1) is 12.4. The van der Waals surface area contributed by atoms with Crippen LogP contribution in [0.1, 0.15) is 23.0 Å². The van der Waals surface area contributed by atoms with Gasteiger partial charge in [-0.3, -0.25) is 0 Å². The highest BCUT2D eigenvalue weighted by Crippen LogP contribution is 2.29. The van der Waals surface area contributed by atoms with E-state index in [1.165, 1.54) is 6.07 Å². The molecule has 0 amide bonds. The lowest BCUT2D eigenvalue weighted by Crippen LogP contribution is -2.08. The first-order valence-corrected chi connectivity index (χ1v) is 5.01. The van der Waals surface area contributed by atoms with Gasteiger partial charge < -0.3 is 14.7 Å². The summed E-state index contributed by atoms with van der Waals surface area (Å²) < 4.78 is 37.7. The molecule has 1 aliphatic heterocycles. The normalized spacial score (nSPS) is 16.3. The van der Waals surface area contributed by atoms with Crippen molar-refractivity contribution in [3.05, 3.63) is 34.4 Å². The van der Waals surface area contributed by atoms with Gasteiger partial charge in [-0.15, -0.1) is 0 Å². The number of oxime groups is 1. The number of hydrogen-bond acceptors (Lipinski definition) is 5. The van der Waals surface area contributed by atoms with E-state index in [1.54, 1.807) is 0 Å². The number of hydrogen-bond donors (Lipinski definition) is 1. The minimum atomic E-state index is -1.09. The second kappa shape index (κ2) is 5.08. The predicted octanol–water partition coefficient (Wildman–Crippen LogP) is 1.69. The molecule has 1 heterocycles. The maximum atomic E-state index is 13.9. The Morgan fingerprint density at radius 1 is 1.39 bits per heavy atom. The average molecular weight is 254 g/mol. The van der Waals surface area contributed by atoms with Gasteiger partial charge in [0.05, 0.1) is 19.4 Å². The highest BCUT2D eigenvalue weighted by molar-refractivity contribution is 5.80. The van der Waals surface area contributed by atoms with E-state index in [-0.39, 0.29) is 24.3 Å². The van der Waals surface area contributed by atoms with Crippen molar-refractivity contribution in [2.45, 2.75) is 6.29 Å². The highest BCUT2D eigenvalue weighted by atomic mass is 19.1. The maximum Gasteiger partial charge on any atom is 0.186 e. The van der Waals surface area contributed by atoms with Crippen molar-refractivity contribution in [3.8, 4) is 6.07 Å². The van der Waals surface area contributed by atoms with Crippen LogP contribution in [0.4, 0.5) is 8.78 Å². The lowest BCUT2D eigenvalue weighted by Gasteiger charge is -2.12. The van der Waals surface area contributed by atoms with E-state index in [1.807, 2.05) is 0 Å². The maximum absolute atomic E-state index is 13.9. The molecular weight excluding hydrogens is 246 g/mol. The standard InChI is InChI=1S/C11H8F2N2O3/c12-9-6(5-15-16)3-7(10(13)8(9)4-14)11-17-1-2-18-11/h3,5,11,16H,1-2H2. The van der Waals surface area contributed by atoms with Crippen LogP contribution in [0.3, 0.4) is 0 Å². The van der Waals surface area contributed by atoms with Crippen LogP contribution >= 0.6 is 0 Å². The van der Waals surface area contributed by atoms with Crippen LogP contribution in [0.2, 0.25) is 0 Å². The molecule has 94 valence electrons. The third-order valence-electron chi connectivity index (χ3n) is 2.44. The average Bonchev–Trinajstić information content (AvgIpc) is 2.87. The molecule has 0 radical (unpaired) electrons. The number of halogens is 2. The molecule has 1 saturated heterocycles. The van der Waals surface area contributed by atoms with Crippen molar-refractivity contribution in [1.82, 2.24) is 0 Å². The molecule has 0 aromatic heterocycles. The quantitative estimate of drug-likeness (QED) is 0.495. The van der Waals surface area contributed by atoms with Crippen molar-refractivity contribution in [2.75, 3.05) is 13.2 Å². The van der Waals surface area contributed by atoms with Gasteiger partial charge in [0.1, 0.15) is 11.6 Å². The van der Waals surface area contributed by atoms with Crippen molar-refractivity contribution in [3.63, 3.8) is 0 Å². The fourth-order valence-electron chi connectivity index (χ4n) is 1.64. The monoisotopic (exact) mass is 254 g/mol. The number of nitrogens with zero attached hydrogens (tertiary/aromatic N) is 2. The minimum absolute atomic E-state index is 0.0969. The number of rotatable bonds is 2. The van der Waals surface area contributed by atoms with E-state index in [4.69, 9.17) is 19.9 Å². The molecule has 5 nitrogen and oxygen atoms in total. The summed E-state index contributed by atoms with van der Waals surface area (Å²) in [6.07, 6.45) is -0.211. The SMILES string of the molecule is N#Cc1c(F)c(C=NO)cc(C2OCCO2)c1F. The van der Waals surface area contributed by atoms with Crippen LogP contribution in [0.5, 0.6) is 0 Å². The van der Waals surface area contributed by atoms with Crippen molar-refractivity contribution >= 4 is 6.21 Å². The van der Waals surface area contributed by atoms with Crippen LogP contribution in [0, 0.1) is 23.0 Å². The second-order valence-corrected chi connectivity index (χ2v) is 3.49. The highest BCUT2D eigenvalue weighted by Gasteiger charge is 2.27. The Hall–Kier alpha value is -2.04. The number of ether oxygens (including phenoxy) is 2. The molecule has 0 unspecified atom stereocenters. The van der Waals surface area contributed by atoms with Crippen molar-refractivity contribution in [1.29, 1.82) is 5.26 Å². The van der Waals surface area contributed by atoms with Crippen LogP contribution in [-0.4, -0.2) is 24.6 Å². The zero-order valence-electron chi connectivity index (χ0n) is 9.06. The van der Waals surface area contributed by atoms with Gasteiger partial charge in [-0.05, 0) is 6.07 Å². The Balaban J connectivity index is 2.59. The zero-order chi connectivity index (χ0) is 13.1. The van der Waals surface area contributed by atoms with E-state index in [0.717, 1.165) is 12.3 Å². The van der Waals surface area contributed by atoms with E-state index >= 15 is 0 Å². The summed E-state index contributed by atoms with van der Waals surface area (Å²) in [5, 5.41) is 19.8. The predicted molar refractivity (Wildman–Crippen MR) is 55.1 cm³/mol. The number of benzene rings is 1. The topological polar surface area (TPSA) is 74.8 Å². The van der Waals surface area contributed by atoms with E-state index < -0.39 is 23.5 Å². The Bertz CT molecular complexity index is 534. The molecule has 18 heavy (non-hydrogen) atoms. The van der Waals surface area contributed by atoms with E-state index in [0.29, 0.717) is 0 Å². The van der Waals surface area contributed by atoms with Gasteiger partial charge in [0.2, 0.25) is 0 Å². The molecule has 0 bridgehead atoms. The summed E-state index contributed by atoms with van der Waals surface area (Å²) in [7, 11) is 0. The Labute approximate surface area is 101 Å². The van der Waals surface area contributed by atoms with E-state index in [2.05, 4.69) is 5.16 Å². The minimum Gasteiger partial charge on any atom is -0.411 e. The van der Waals surface area contributed by atoms with E-state index in [9.17, 15) is 8.78 Å². The molecule has 2 rings (SSSR count). The largest absolute Gasteiger partial charge is 0.411 e. The summed E-state index contributed by atoms with van der Waals surface area (Å²) in [6, 6.07) is 2.51. The molecular formula is C11H8F2N2O3. The fourth-order valence-corrected chi connectivity index (χ4v) is 1.64. The van der Waals surface area contributed by atoms with Crippen LogP contribution < -0.4 is 0 Å². The first-order chi connectivity index (χ1) is 8.69. The van der Waals surface area contributed by atoms with Gasteiger partial charge in [-0.25, -0.2) is 8.78 Å². The van der Waals surface area contributed by atoms with Crippen LogP contribution in [0.15, 0.2) is 11.2 Å². The Morgan fingerprint density at radius 3 is 2.61 bits per heavy atom. The fraction of sp³-hybridized carbons (Fsp3) is 0.273. The molecule has 1 N–H and O–H groups in total. The van der Waals surface area contributed by atoms with Gasteiger partial charge >= 0.3 is 0 Å². The van der Waals surface area contributed by atoms with Crippen molar-refractivity contribution < 1.29 is 23.5 Å². The summed E-state index contributed by atoms with van der Waals surface area (Å²) in [5.74, 6) is -2.12.